The summed E-state index contributed by atoms with van der Waals surface area (Å²) in [6, 6.07) is 11.0. The van der Waals surface area contributed by atoms with Crippen molar-refractivity contribution in [2.45, 2.75) is 0 Å². The number of urea groups is 1. The van der Waals surface area contributed by atoms with Gasteiger partial charge in [0, 0.05) is 22.1 Å². The minimum Gasteiger partial charge on any atom is -0.317 e. The van der Waals surface area contributed by atoms with Crippen molar-refractivity contribution in [3.05, 3.63) is 58.5 Å². The topological polar surface area (TPSA) is 63.1 Å². The van der Waals surface area contributed by atoms with E-state index in [4.69, 9.17) is 0 Å². The molecule has 0 bridgehead atoms. The summed E-state index contributed by atoms with van der Waals surface area (Å²) >= 11 is 3.39. The Balaban J connectivity index is 1.99. The van der Waals surface area contributed by atoms with Gasteiger partial charge in [-0.05, 0) is 42.5 Å². The Morgan fingerprint density at radius 1 is 1.05 bits per heavy atom. The van der Waals surface area contributed by atoms with Gasteiger partial charge in [0.2, 0.25) is 0 Å². The average molecular weight is 332 g/mol. The van der Waals surface area contributed by atoms with Crippen molar-refractivity contribution >= 4 is 33.9 Å². The quantitative estimate of drug-likeness (QED) is 0.655. The Morgan fingerprint density at radius 2 is 1.80 bits per heavy atom. The number of amides is 3. The Morgan fingerprint density at radius 3 is 2.45 bits per heavy atom. The molecule has 6 heteroatoms. The van der Waals surface area contributed by atoms with E-state index in [1.165, 1.54) is 0 Å². The van der Waals surface area contributed by atoms with Crippen LogP contribution in [0, 0.1) is 0 Å². The molecule has 1 aromatic heterocycles. The van der Waals surface area contributed by atoms with Crippen LogP contribution in [0.3, 0.4) is 0 Å². The molecule has 2 heterocycles. The summed E-state index contributed by atoms with van der Waals surface area (Å²) in [7, 11) is 0. The molecule has 20 heavy (non-hydrogen) atoms. The zero-order valence-corrected chi connectivity index (χ0v) is 11.8. The van der Waals surface area contributed by atoms with E-state index < -0.39 is 11.9 Å². The van der Waals surface area contributed by atoms with E-state index >= 15 is 0 Å². The number of rotatable bonds is 2. The Kier molecular flexibility index (Phi) is 3.15. The lowest BCUT2D eigenvalue weighted by atomic mass is 10.3. The fourth-order valence-electron chi connectivity index (χ4n) is 1.98. The van der Waals surface area contributed by atoms with Gasteiger partial charge in [-0.2, -0.15) is 0 Å². The molecule has 2 N–H and O–H groups in total. The van der Waals surface area contributed by atoms with Crippen molar-refractivity contribution < 1.29 is 9.59 Å². The first-order chi connectivity index (χ1) is 9.63. The van der Waals surface area contributed by atoms with Crippen LogP contribution in [-0.4, -0.2) is 16.5 Å². The lowest BCUT2D eigenvalue weighted by Gasteiger charge is -2.07. The van der Waals surface area contributed by atoms with Gasteiger partial charge in [0.25, 0.3) is 5.91 Å². The van der Waals surface area contributed by atoms with Crippen LogP contribution in [0.15, 0.2) is 52.8 Å². The average Bonchev–Trinajstić information content (AvgIpc) is 2.98. The lowest BCUT2D eigenvalue weighted by molar-refractivity contribution is -0.115. The van der Waals surface area contributed by atoms with Gasteiger partial charge in [-0.3, -0.25) is 10.1 Å². The predicted molar refractivity (Wildman–Crippen MR) is 78.1 cm³/mol. The highest BCUT2D eigenvalue weighted by Crippen LogP contribution is 2.18. The summed E-state index contributed by atoms with van der Waals surface area (Å²) in [6.45, 7) is 0. The zero-order chi connectivity index (χ0) is 14.1. The molecule has 1 saturated heterocycles. The van der Waals surface area contributed by atoms with Gasteiger partial charge < -0.3 is 9.88 Å². The van der Waals surface area contributed by atoms with E-state index in [9.17, 15) is 9.59 Å². The van der Waals surface area contributed by atoms with E-state index in [1.54, 1.807) is 6.08 Å². The summed E-state index contributed by atoms with van der Waals surface area (Å²) in [5.74, 6) is -0.418. The number of nitrogens with one attached hydrogen (secondary N) is 2. The third-order valence-electron chi connectivity index (χ3n) is 2.90. The third kappa shape index (κ3) is 2.37. The van der Waals surface area contributed by atoms with Gasteiger partial charge in [-0.25, -0.2) is 4.79 Å². The van der Waals surface area contributed by atoms with E-state index in [2.05, 4.69) is 26.6 Å². The second kappa shape index (κ2) is 4.97. The van der Waals surface area contributed by atoms with Gasteiger partial charge in [0.15, 0.2) is 0 Å². The first-order valence-electron chi connectivity index (χ1n) is 5.91. The van der Waals surface area contributed by atoms with Gasteiger partial charge in [0.1, 0.15) is 5.70 Å². The molecule has 0 atom stereocenters. The third-order valence-corrected chi connectivity index (χ3v) is 3.43. The number of carbonyl (C=O) groups is 2. The van der Waals surface area contributed by atoms with Crippen LogP contribution in [0.5, 0.6) is 0 Å². The Labute approximate surface area is 123 Å². The molecule has 3 amide bonds. The highest BCUT2D eigenvalue weighted by Gasteiger charge is 2.23. The molecule has 1 fully saturated rings. The van der Waals surface area contributed by atoms with Crippen molar-refractivity contribution in [3.8, 4) is 5.69 Å². The second-order valence-corrected chi connectivity index (χ2v) is 5.16. The molecule has 0 spiro atoms. The first kappa shape index (κ1) is 12.7. The number of imide groups is 1. The molecule has 1 aliphatic rings. The van der Waals surface area contributed by atoms with Crippen molar-refractivity contribution in [1.29, 1.82) is 0 Å². The number of benzene rings is 1. The number of nitrogens with zero attached hydrogens (tertiary/aromatic N) is 1. The smallest absolute Gasteiger partial charge is 0.317 e. The molecule has 100 valence electrons. The molecule has 5 nitrogen and oxygen atoms in total. The number of hydrogen-bond acceptors (Lipinski definition) is 2. The fraction of sp³-hybridized carbons (Fsp3) is 0. The molecule has 0 unspecified atom stereocenters. The molecule has 0 saturated carbocycles. The summed E-state index contributed by atoms with van der Waals surface area (Å²) in [6.07, 6.45) is 3.53. The van der Waals surface area contributed by atoms with Gasteiger partial charge in [-0.1, -0.05) is 15.9 Å². The molecule has 1 aliphatic heterocycles. The van der Waals surface area contributed by atoms with E-state index in [0.29, 0.717) is 0 Å². The predicted octanol–water partition coefficient (Wildman–Crippen LogP) is 2.42. The molecular formula is C14H10BrN3O2. The van der Waals surface area contributed by atoms with Crippen molar-refractivity contribution in [1.82, 2.24) is 15.2 Å². The van der Waals surface area contributed by atoms with Gasteiger partial charge in [-0.15, -0.1) is 0 Å². The molecule has 0 radical (unpaired) electrons. The maximum absolute atomic E-state index is 11.5. The van der Waals surface area contributed by atoms with Crippen LogP contribution in [0.1, 0.15) is 5.69 Å². The molecule has 0 aliphatic carbocycles. The Bertz CT molecular complexity index is 716. The van der Waals surface area contributed by atoms with Crippen LogP contribution in [0.2, 0.25) is 0 Å². The van der Waals surface area contributed by atoms with Gasteiger partial charge in [0.05, 0.1) is 0 Å². The molecular weight excluding hydrogens is 322 g/mol. The van der Waals surface area contributed by atoms with Crippen molar-refractivity contribution in [2.75, 3.05) is 0 Å². The van der Waals surface area contributed by atoms with Crippen molar-refractivity contribution in [2.24, 2.45) is 0 Å². The van der Waals surface area contributed by atoms with E-state index in [-0.39, 0.29) is 5.70 Å². The molecule has 1 aromatic carbocycles. The maximum atomic E-state index is 11.5. The zero-order valence-electron chi connectivity index (χ0n) is 10.3. The summed E-state index contributed by atoms with van der Waals surface area (Å²) in [5, 5.41) is 4.64. The molecule has 3 rings (SSSR count). The number of halogens is 1. The van der Waals surface area contributed by atoms with E-state index in [1.807, 2.05) is 47.2 Å². The minimum absolute atomic E-state index is 0.243. The number of hydrogen-bond donors (Lipinski definition) is 2. The van der Waals surface area contributed by atoms with Crippen LogP contribution in [-0.2, 0) is 4.79 Å². The SMILES string of the molecule is O=C1NC(=O)/C(=C/c2cccn2-c2ccc(Br)cc2)N1. The summed E-state index contributed by atoms with van der Waals surface area (Å²) < 4.78 is 2.92. The highest BCUT2D eigenvalue weighted by atomic mass is 79.9. The first-order valence-corrected chi connectivity index (χ1v) is 6.70. The van der Waals surface area contributed by atoms with Crippen LogP contribution in [0.25, 0.3) is 11.8 Å². The number of aromatic nitrogens is 1. The normalized spacial score (nSPS) is 16.4. The van der Waals surface area contributed by atoms with Gasteiger partial charge >= 0.3 is 6.03 Å². The minimum atomic E-state index is -0.497. The van der Waals surface area contributed by atoms with E-state index in [0.717, 1.165) is 15.9 Å². The van der Waals surface area contributed by atoms with Crippen molar-refractivity contribution in [3.63, 3.8) is 0 Å². The highest BCUT2D eigenvalue weighted by molar-refractivity contribution is 9.10. The monoisotopic (exact) mass is 331 g/mol. The van der Waals surface area contributed by atoms with Crippen LogP contribution < -0.4 is 10.6 Å². The standard InChI is InChI=1S/C14H10BrN3O2/c15-9-3-5-10(6-4-9)18-7-1-2-11(18)8-12-13(19)17-14(20)16-12/h1-8H,(H2,16,17,19,20)/b12-8-. The second-order valence-electron chi connectivity index (χ2n) is 4.25. The Hall–Kier alpha value is -2.34. The largest absolute Gasteiger partial charge is 0.326 e. The number of carbonyl (C=O) groups excluding carboxylic acids is 2. The fourth-order valence-corrected chi connectivity index (χ4v) is 2.24. The summed E-state index contributed by atoms with van der Waals surface area (Å²) in [5.41, 5.74) is 2.02. The van der Waals surface area contributed by atoms with Crippen LogP contribution in [0.4, 0.5) is 4.79 Å². The van der Waals surface area contributed by atoms with Crippen LogP contribution >= 0.6 is 15.9 Å². The maximum Gasteiger partial charge on any atom is 0.326 e. The summed E-state index contributed by atoms with van der Waals surface area (Å²) in [4.78, 5) is 22.6. The molecule has 2 aromatic rings. The lowest BCUT2D eigenvalue weighted by Crippen LogP contribution is -2.22.